The Bertz CT molecular complexity index is 2860. The first kappa shape index (κ1) is 26.7. The first-order chi connectivity index (χ1) is 23.7. The second-order valence-corrected chi connectivity index (χ2v) is 12.4. The van der Waals surface area contributed by atoms with Crippen LogP contribution in [0, 0.1) is 0 Å². The molecule has 0 saturated carbocycles. The molecule has 1 N–H and O–H groups in total. The average molecular weight is 617 g/mol. The van der Waals surface area contributed by atoms with Crippen LogP contribution < -0.4 is 0 Å². The van der Waals surface area contributed by atoms with E-state index in [-0.39, 0.29) is 0 Å². The molecule has 10 aromatic rings. The number of pyridine rings is 1. The molecule has 4 aromatic heterocycles. The van der Waals surface area contributed by atoms with Crippen molar-refractivity contribution < 1.29 is 4.42 Å². The molecule has 0 atom stereocenters. The zero-order chi connectivity index (χ0) is 31.8. The van der Waals surface area contributed by atoms with Gasteiger partial charge >= 0.3 is 0 Å². The number of aryl methyl sites for hydroxylation is 1. The Morgan fingerprint density at radius 3 is 2.23 bits per heavy atom. The molecular formula is C43H28N4O. The van der Waals surface area contributed by atoms with Gasteiger partial charge in [-0.3, -0.25) is 4.98 Å². The van der Waals surface area contributed by atoms with Crippen molar-refractivity contribution in [3.63, 3.8) is 0 Å². The van der Waals surface area contributed by atoms with Gasteiger partial charge in [0.05, 0.1) is 16.6 Å². The van der Waals surface area contributed by atoms with E-state index in [4.69, 9.17) is 14.4 Å². The highest BCUT2D eigenvalue weighted by Gasteiger charge is 2.20. The number of imidazole rings is 1. The van der Waals surface area contributed by atoms with E-state index in [0.717, 1.165) is 88.9 Å². The van der Waals surface area contributed by atoms with E-state index in [1.165, 1.54) is 10.8 Å². The third kappa shape index (κ3) is 3.98. The number of hydrogen-bond donors (Lipinski definition) is 1. The van der Waals surface area contributed by atoms with Crippen molar-refractivity contribution in [2.45, 2.75) is 0 Å². The van der Waals surface area contributed by atoms with Gasteiger partial charge in [-0.05, 0) is 65.2 Å². The largest absolute Gasteiger partial charge is 0.454 e. The lowest BCUT2D eigenvalue weighted by atomic mass is 9.94. The van der Waals surface area contributed by atoms with E-state index in [2.05, 4.69) is 132 Å². The first-order valence-corrected chi connectivity index (χ1v) is 16.1. The van der Waals surface area contributed by atoms with Gasteiger partial charge in [-0.25, -0.2) is 4.98 Å². The highest BCUT2D eigenvalue weighted by atomic mass is 16.3. The fourth-order valence-corrected chi connectivity index (χ4v) is 7.32. The quantitative estimate of drug-likeness (QED) is 0.214. The minimum Gasteiger partial charge on any atom is -0.454 e. The Kier molecular flexibility index (Phi) is 5.72. The summed E-state index contributed by atoms with van der Waals surface area (Å²) in [5.41, 5.74) is 13.2. The van der Waals surface area contributed by atoms with Crippen LogP contribution >= 0.6 is 0 Å². The van der Waals surface area contributed by atoms with Gasteiger partial charge in [-0.15, -0.1) is 0 Å². The van der Waals surface area contributed by atoms with Crippen LogP contribution in [0.3, 0.4) is 0 Å². The zero-order valence-electron chi connectivity index (χ0n) is 26.1. The standard InChI is InChI=1S/C43H28N4O/c1-47-37-19-10-15-30(41(37)46-43(47)35-17-9-16-33-31-13-5-7-18-36(31)45-40(33)35)28-23-27(26-11-3-2-4-12-26)24-29(25-28)39-42-34(21-22-44-39)32-14-6-8-20-38(32)48-42/h2-25,45H,1H3. The van der Waals surface area contributed by atoms with E-state index in [0.29, 0.717) is 0 Å². The molecule has 48 heavy (non-hydrogen) atoms. The van der Waals surface area contributed by atoms with Crippen molar-refractivity contribution in [1.29, 1.82) is 0 Å². The van der Waals surface area contributed by atoms with Gasteiger partial charge in [0.2, 0.25) is 0 Å². The molecule has 226 valence electrons. The molecule has 0 aliphatic carbocycles. The Morgan fingerprint density at radius 1 is 0.583 bits per heavy atom. The summed E-state index contributed by atoms with van der Waals surface area (Å²) in [6.45, 7) is 0. The number of furan rings is 1. The minimum absolute atomic E-state index is 0.791. The van der Waals surface area contributed by atoms with E-state index in [9.17, 15) is 0 Å². The van der Waals surface area contributed by atoms with Gasteiger partial charge in [-0.1, -0.05) is 91.0 Å². The molecule has 0 bridgehead atoms. The number of benzene rings is 6. The summed E-state index contributed by atoms with van der Waals surface area (Å²) in [5.74, 6) is 0.919. The number of aromatic nitrogens is 4. The lowest BCUT2D eigenvalue weighted by Crippen LogP contribution is -1.93. The normalized spacial score (nSPS) is 11.9. The molecule has 0 unspecified atom stereocenters. The second kappa shape index (κ2) is 10.3. The molecule has 6 aromatic carbocycles. The molecule has 0 fully saturated rings. The van der Waals surface area contributed by atoms with Gasteiger partial charge in [0, 0.05) is 57.0 Å². The maximum Gasteiger partial charge on any atom is 0.161 e. The summed E-state index contributed by atoms with van der Waals surface area (Å²) in [4.78, 5) is 13.9. The third-order valence-corrected chi connectivity index (χ3v) is 9.61. The smallest absolute Gasteiger partial charge is 0.161 e. The summed E-state index contributed by atoms with van der Waals surface area (Å²) < 4.78 is 8.65. The topological polar surface area (TPSA) is 59.6 Å². The number of H-pyrrole nitrogens is 1. The lowest BCUT2D eigenvalue weighted by molar-refractivity contribution is 0.668. The van der Waals surface area contributed by atoms with Gasteiger partial charge in [0.1, 0.15) is 17.1 Å². The van der Waals surface area contributed by atoms with Gasteiger partial charge in [0.25, 0.3) is 0 Å². The second-order valence-electron chi connectivity index (χ2n) is 12.4. The van der Waals surface area contributed by atoms with Crippen molar-refractivity contribution in [2.24, 2.45) is 7.05 Å². The van der Waals surface area contributed by atoms with Crippen LogP contribution in [-0.2, 0) is 7.05 Å². The summed E-state index contributed by atoms with van der Waals surface area (Å²) in [6, 6.07) is 48.8. The van der Waals surface area contributed by atoms with Crippen LogP contribution in [-0.4, -0.2) is 19.5 Å². The number of aromatic amines is 1. The van der Waals surface area contributed by atoms with Crippen molar-refractivity contribution in [1.82, 2.24) is 19.5 Å². The number of nitrogens with zero attached hydrogens (tertiary/aromatic N) is 3. The first-order valence-electron chi connectivity index (χ1n) is 16.1. The molecule has 5 heteroatoms. The molecule has 0 amide bonds. The van der Waals surface area contributed by atoms with Gasteiger partial charge < -0.3 is 14.0 Å². The summed E-state index contributed by atoms with van der Waals surface area (Å²) in [5, 5.41) is 4.56. The number of para-hydroxylation sites is 4. The molecule has 0 radical (unpaired) electrons. The maximum atomic E-state index is 6.44. The molecular weight excluding hydrogens is 589 g/mol. The highest BCUT2D eigenvalue weighted by Crippen LogP contribution is 2.40. The molecule has 0 aliphatic heterocycles. The number of hydrogen-bond acceptors (Lipinski definition) is 3. The van der Waals surface area contributed by atoms with Crippen LogP contribution in [0.1, 0.15) is 0 Å². The minimum atomic E-state index is 0.791. The maximum absolute atomic E-state index is 6.44. The van der Waals surface area contributed by atoms with Crippen LogP contribution in [0.15, 0.2) is 150 Å². The van der Waals surface area contributed by atoms with Crippen LogP contribution in [0.2, 0.25) is 0 Å². The summed E-state index contributed by atoms with van der Waals surface area (Å²) in [6.07, 6.45) is 1.88. The molecule has 4 heterocycles. The fourth-order valence-electron chi connectivity index (χ4n) is 7.32. The zero-order valence-corrected chi connectivity index (χ0v) is 26.1. The van der Waals surface area contributed by atoms with E-state index >= 15 is 0 Å². The molecule has 0 aliphatic rings. The number of nitrogens with one attached hydrogen (secondary N) is 1. The van der Waals surface area contributed by atoms with Gasteiger partial charge in [0.15, 0.2) is 5.58 Å². The highest BCUT2D eigenvalue weighted by molar-refractivity contribution is 6.12. The lowest BCUT2D eigenvalue weighted by Gasteiger charge is -2.11. The molecule has 5 nitrogen and oxygen atoms in total. The summed E-state index contributed by atoms with van der Waals surface area (Å²) >= 11 is 0. The number of fused-ring (bicyclic) bond motifs is 7. The predicted octanol–water partition coefficient (Wildman–Crippen LogP) is 11.2. The van der Waals surface area contributed by atoms with Crippen LogP contribution in [0.25, 0.3) is 99.7 Å². The molecule has 0 spiro atoms. The Labute approximate surface area is 275 Å². The van der Waals surface area contributed by atoms with Crippen molar-refractivity contribution in [3.05, 3.63) is 146 Å². The predicted molar refractivity (Wildman–Crippen MR) is 197 cm³/mol. The van der Waals surface area contributed by atoms with Crippen molar-refractivity contribution >= 4 is 54.8 Å². The Morgan fingerprint density at radius 2 is 1.31 bits per heavy atom. The van der Waals surface area contributed by atoms with E-state index in [1.54, 1.807) is 0 Å². The van der Waals surface area contributed by atoms with Crippen LogP contribution in [0.5, 0.6) is 0 Å². The Hall–Kier alpha value is -6.46. The fraction of sp³-hybridized carbons (Fsp3) is 0.0233. The van der Waals surface area contributed by atoms with E-state index in [1.807, 2.05) is 30.5 Å². The third-order valence-electron chi connectivity index (χ3n) is 9.61. The SMILES string of the molecule is Cn1c(-c2cccc3c2[nH]c2ccccc23)nc2c(-c3cc(-c4ccccc4)cc(-c4nccc5c4oc4ccccc45)c3)cccc21. The monoisotopic (exact) mass is 616 g/mol. The van der Waals surface area contributed by atoms with Gasteiger partial charge in [-0.2, -0.15) is 0 Å². The van der Waals surface area contributed by atoms with Crippen molar-refractivity contribution in [2.75, 3.05) is 0 Å². The van der Waals surface area contributed by atoms with E-state index < -0.39 is 0 Å². The Balaban J connectivity index is 1.21. The molecule has 0 saturated heterocycles. The average Bonchev–Trinajstić information content (AvgIpc) is 3.83. The van der Waals surface area contributed by atoms with Crippen molar-refractivity contribution in [3.8, 4) is 44.9 Å². The van der Waals surface area contributed by atoms with Crippen LogP contribution in [0.4, 0.5) is 0 Å². The number of rotatable bonds is 4. The summed E-state index contributed by atoms with van der Waals surface area (Å²) in [7, 11) is 2.11. The molecule has 10 rings (SSSR count).